The van der Waals surface area contributed by atoms with Crippen LogP contribution in [-0.2, 0) is 18.6 Å². The highest BCUT2D eigenvalue weighted by atomic mass is 35.7. The van der Waals surface area contributed by atoms with Crippen molar-refractivity contribution < 1.29 is 17.9 Å². The van der Waals surface area contributed by atoms with Crippen LogP contribution >= 0.6 is 10.7 Å². The summed E-state index contributed by atoms with van der Waals surface area (Å²) in [6.45, 7) is 0. The van der Waals surface area contributed by atoms with E-state index in [4.69, 9.17) is 10.7 Å². The molecule has 0 aromatic heterocycles. The molecule has 6 heteroatoms. The lowest BCUT2D eigenvalue weighted by Crippen LogP contribution is -2.28. The third-order valence-corrected chi connectivity index (χ3v) is 4.29. The number of hydrogen-bond donors (Lipinski definition) is 0. The second kappa shape index (κ2) is 3.84. The van der Waals surface area contributed by atoms with Gasteiger partial charge in [-0.3, -0.25) is 4.79 Å². The zero-order chi connectivity index (χ0) is 10.1. The molecule has 0 aromatic carbocycles. The molecule has 1 saturated carbocycles. The average molecular weight is 227 g/mol. The largest absolute Gasteiger partial charge is 0.469 e. The van der Waals surface area contributed by atoms with Crippen LogP contribution in [0.4, 0.5) is 0 Å². The molecule has 0 unspecified atom stereocenters. The van der Waals surface area contributed by atoms with Gasteiger partial charge in [0.15, 0.2) is 0 Å². The Balaban J connectivity index is 2.82. The van der Waals surface area contributed by atoms with Crippen molar-refractivity contribution in [1.29, 1.82) is 0 Å². The van der Waals surface area contributed by atoms with Crippen molar-refractivity contribution in [3.63, 3.8) is 0 Å². The van der Waals surface area contributed by atoms with Crippen LogP contribution in [0.3, 0.4) is 0 Å². The maximum atomic E-state index is 11.1. The monoisotopic (exact) mass is 226 g/mol. The molecule has 0 N–H and O–H groups in total. The molecule has 1 aliphatic rings. The van der Waals surface area contributed by atoms with Gasteiger partial charge in [-0.15, -0.1) is 0 Å². The molecule has 0 radical (unpaired) electrons. The van der Waals surface area contributed by atoms with Gasteiger partial charge in [0.05, 0.1) is 18.3 Å². The fourth-order valence-corrected chi connectivity index (χ4v) is 3.41. The molecule has 1 fully saturated rings. The average Bonchev–Trinajstić information content (AvgIpc) is 2.49. The molecular formula is C7H11ClO4S. The molecule has 1 rings (SSSR count). The van der Waals surface area contributed by atoms with Crippen LogP contribution < -0.4 is 0 Å². The number of methoxy groups -OCH3 is 1. The summed E-state index contributed by atoms with van der Waals surface area (Å²) in [7, 11) is 2.81. The van der Waals surface area contributed by atoms with Crippen LogP contribution in [0.2, 0.25) is 0 Å². The zero-order valence-electron chi connectivity index (χ0n) is 7.20. The first-order valence-electron chi connectivity index (χ1n) is 3.98. The second-order valence-corrected chi connectivity index (χ2v) is 5.92. The van der Waals surface area contributed by atoms with E-state index < -0.39 is 26.2 Å². The summed E-state index contributed by atoms with van der Waals surface area (Å²) in [6.07, 6.45) is 1.70. The zero-order valence-corrected chi connectivity index (χ0v) is 8.77. The second-order valence-electron chi connectivity index (χ2n) is 3.07. The quantitative estimate of drug-likeness (QED) is 0.519. The van der Waals surface area contributed by atoms with Crippen molar-refractivity contribution in [1.82, 2.24) is 0 Å². The summed E-state index contributed by atoms with van der Waals surface area (Å²) in [5.74, 6) is -1.06. The van der Waals surface area contributed by atoms with E-state index >= 15 is 0 Å². The van der Waals surface area contributed by atoms with E-state index in [9.17, 15) is 13.2 Å². The Morgan fingerprint density at radius 1 is 1.46 bits per heavy atom. The number of rotatable bonds is 2. The molecule has 0 heterocycles. The third kappa shape index (κ3) is 2.34. The number of esters is 1. The topological polar surface area (TPSA) is 60.4 Å². The van der Waals surface area contributed by atoms with E-state index in [0.717, 1.165) is 0 Å². The van der Waals surface area contributed by atoms with E-state index in [1.165, 1.54) is 7.11 Å². The summed E-state index contributed by atoms with van der Waals surface area (Å²) in [5.41, 5.74) is 0. The van der Waals surface area contributed by atoms with E-state index in [2.05, 4.69) is 4.74 Å². The summed E-state index contributed by atoms with van der Waals surface area (Å²) in [6, 6.07) is 0. The lowest BCUT2D eigenvalue weighted by molar-refractivity contribution is -0.145. The van der Waals surface area contributed by atoms with Crippen molar-refractivity contribution in [2.24, 2.45) is 5.92 Å². The standard InChI is InChI=1S/C7H11ClO4S/c1-12-7(9)5-3-2-4-6(5)13(8,10)11/h5-6H,2-4H2,1H3/t5-,6-/m0/s1. The Hall–Kier alpha value is -0.290. The maximum absolute atomic E-state index is 11.1. The molecular weight excluding hydrogens is 216 g/mol. The first-order chi connectivity index (χ1) is 5.96. The molecule has 2 atom stereocenters. The van der Waals surface area contributed by atoms with Crippen LogP contribution in [0, 0.1) is 5.92 Å². The predicted molar refractivity (Wildman–Crippen MR) is 47.9 cm³/mol. The first-order valence-corrected chi connectivity index (χ1v) is 6.35. The minimum Gasteiger partial charge on any atom is -0.469 e. The van der Waals surface area contributed by atoms with Gasteiger partial charge in [-0.05, 0) is 12.8 Å². The van der Waals surface area contributed by atoms with Crippen LogP contribution in [-0.4, -0.2) is 26.7 Å². The highest BCUT2D eigenvalue weighted by Gasteiger charge is 2.41. The van der Waals surface area contributed by atoms with Gasteiger partial charge in [0.1, 0.15) is 0 Å². The minimum absolute atomic E-state index is 0.450. The number of carbonyl (C=O) groups excluding carboxylic acids is 1. The maximum Gasteiger partial charge on any atom is 0.310 e. The van der Waals surface area contributed by atoms with Gasteiger partial charge in [-0.2, -0.15) is 0 Å². The summed E-state index contributed by atoms with van der Waals surface area (Å²) >= 11 is 0. The van der Waals surface area contributed by atoms with Crippen molar-refractivity contribution in [3.8, 4) is 0 Å². The van der Waals surface area contributed by atoms with Crippen LogP contribution in [0.5, 0.6) is 0 Å². The number of carbonyl (C=O) groups is 1. The smallest absolute Gasteiger partial charge is 0.310 e. The third-order valence-electron chi connectivity index (χ3n) is 2.32. The fraction of sp³-hybridized carbons (Fsp3) is 0.857. The summed E-state index contributed by atoms with van der Waals surface area (Å²) in [4.78, 5) is 11.1. The molecule has 0 bridgehead atoms. The summed E-state index contributed by atoms with van der Waals surface area (Å²) < 4.78 is 26.5. The van der Waals surface area contributed by atoms with E-state index in [0.29, 0.717) is 19.3 Å². The van der Waals surface area contributed by atoms with E-state index in [-0.39, 0.29) is 0 Å². The molecule has 0 spiro atoms. The molecule has 0 saturated heterocycles. The number of halogens is 1. The molecule has 76 valence electrons. The van der Waals surface area contributed by atoms with Gasteiger partial charge in [0.25, 0.3) is 0 Å². The van der Waals surface area contributed by atoms with E-state index in [1.807, 2.05) is 0 Å². The van der Waals surface area contributed by atoms with Gasteiger partial charge in [-0.25, -0.2) is 8.42 Å². The Bertz CT molecular complexity index is 298. The lowest BCUT2D eigenvalue weighted by Gasteiger charge is -2.13. The number of ether oxygens (including phenoxy) is 1. The van der Waals surface area contributed by atoms with Crippen molar-refractivity contribution in [2.75, 3.05) is 7.11 Å². The first kappa shape index (κ1) is 10.8. The normalized spacial score (nSPS) is 28.8. The highest BCUT2D eigenvalue weighted by molar-refractivity contribution is 8.14. The molecule has 0 aliphatic heterocycles. The Morgan fingerprint density at radius 3 is 2.54 bits per heavy atom. The van der Waals surface area contributed by atoms with Gasteiger partial charge in [-0.1, -0.05) is 6.42 Å². The Morgan fingerprint density at radius 2 is 2.08 bits per heavy atom. The molecule has 0 aromatic rings. The number of hydrogen-bond acceptors (Lipinski definition) is 4. The lowest BCUT2D eigenvalue weighted by atomic mass is 10.1. The molecule has 0 amide bonds. The van der Waals surface area contributed by atoms with Gasteiger partial charge < -0.3 is 4.74 Å². The highest BCUT2D eigenvalue weighted by Crippen LogP contribution is 2.33. The van der Waals surface area contributed by atoms with Crippen molar-refractivity contribution in [2.45, 2.75) is 24.5 Å². The van der Waals surface area contributed by atoms with Gasteiger partial charge >= 0.3 is 5.97 Å². The van der Waals surface area contributed by atoms with Crippen molar-refractivity contribution >= 4 is 25.7 Å². The molecule has 1 aliphatic carbocycles. The van der Waals surface area contributed by atoms with Crippen LogP contribution in [0.1, 0.15) is 19.3 Å². The molecule has 13 heavy (non-hydrogen) atoms. The van der Waals surface area contributed by atoms with Crippen molar-refractivity contribution in [3.05, 3.63) is 0 Å². The Kier molecular flexibility index (Phi) is 3.18. The van der Waals surface area contributed by atoms with Gasteiger partial charge in [0.2, 0.25) is 9.05 Å². The minimum atomic E-state index is -3.64. The predicted octanol–water partition coefficient (Wildman–Crippen LogP) is 0.897. The van der Waals surface area contributed by atoms with E-state index in [1.54, 1.807) is 0 Å². The van der Waals surface area contributed by atoms with Gasteiger partial charge in [0, 0.05) is 10.7 Å². The fourth-order valence-electron chi connectivity index (χ4n) is 1.68. The summed E-state index contributed by atoms with van der Waals surface area (Å²) in [5, 5.41) is -0.762. The van der Waals surface area contributed by atoms with Crippen LogP contribution in [0.15, 0.2) is 0 Å². The SMILES string of the molecule is COC(=O)[C@H]1CCC[C@@H]1S(=O)(=O)Cl. The van der Waals surface area contributed by atoms with Crippen LogP contribution in [0.25, 0.3) is 0 Å². The molecule has 4 nitrogen and oxygen atoms in total. The Labute approximate surface area is 81.6 Å².